The number of aromatic nitrogens is 3. The van der Waals surface area contributed by atoms with Crippen molar-refractivity contribution in [2.45, 2.75) is 19.9 Å². The maximum atomic E-state index is 12.8. The number of para-hydroxylation sites is 1. The van der Waals surface area contributed by atoms with Crippen molar-refractivity contribution in [3.05, 3.63) is 81.8 Å². The molecule has 6 heteroatoms. The van der Waals surface area contributed by atoms with E-state index in [2.05, 4.69) is 15.4 Å². The second kappa shape index (κ2) is 6.15. The Morgan fingerprint density at radius 2 is 1.88 bits per heavy atom. The number of hydrogen-bond donors (Lipinski definition) is 2. The van der Waals surface area contributed by atoms with Gasteiger partial charge in [-0.3, -0.25) is 9.59 Å². The molecular formula is C20H18N4O2. The first-order valence-corrected chi connectivity index (χ1v) is 8.41. The number of benzene rings is 2. The van der Waals surface area contributed by atoms with Crippen LogP contribution in [-0.2, 0) is 0 Å². The lowest BCUT2D eigenvalue weighted by molar-refractivity contribution is 0.0941. The summed E-state index contributed by atoms with van der Waals surface area (Å²) >= 11 is 0. The van der Waals surface area contributed by atoms with Crippen molar-refractivity contribution >= 4 is 22.5 Å². The summed E-state index contributed by atoms with van der Waals surface area (Å²) in [6.07, 6.45) is 1.48. The Labute approximate surface area is 149 Å². The van der Waals surface area contributed by atoms with E-state index in [-0.39, 0.29) is 17.5 Å². The second-order valence-electron chi connectivity index (χ2n) is 6.34. The minimum atomic E-state index is -0.276. The van der Waals surface area contributed by atoms with Crippen LogP contribution in [0.15, 0.2) is 59.5 Å². The van der Waals surface area contributed by atoms with Gasteiger partial charge in [0.25, 0.3) is 11.5 Å². The van der Waals surface area contributed by atoms with Crippen LogP contribution in [0.3, 0.4) is 0 Å². The molecule has 4 rings (SSSR count). The van der Waals surface area contributed by atoms with E-state index in [0.29, 0.717) is 22.1 Å². The minimum Gasteiger partial charge on any atom is -0.345 e. The number of nitrogens with zero attached hydrogens (tertiary/aromatic N) is 2. The smallest absolute Gasteiger partial charge is 0.259 e. The van der Waals surface area contributed by atoms with E-state index in [1.54, 1.807) is 16.6 Å². The van der Waals surface area contributed by atoms with Crippen LogP contribution >= 0.6 is 0 Å². The first kappa shape index (κ1) is 16.1. The zero-order valence-electron chi connectivity index (χ0n) is 14.5. The molecule has 6 nitrogen and oxygen atoms in total. The Hall–Kier alpha value is -3.41. The van der Waals surface area contributed by atoms with Crippen LogP contribution in [0.4, 0.5) is 0 Å². The monoisotopic (exact) mass is 346 g/mol. The molecule has 0 aliphatic heterocycles. The van der Waals surface area contributed by atoms with Gasteiger partial charge in [-0.05, 0) is 37.1 Å². The first-order chi connectivity index (χ1) is 12.6. The van der Waals surface area contributed by atoms with Gasteiger partial charge in [-0.2, -0.15) is 5.10 Å². The quantitative estimate of drug-likeness (QED) is 0.598. The van der Waals surface area contributed by atoms with E-state index >= 15 is 0 Å². The molecule has 130 valence electrons. The largest absolute Gasteiger partial charge is 0.345 e. The molecular weight excluding hydrogens is 328 g/mol. The summed E-state index contributed by atoms with van der Waals surface area (Å²) in [5, 5.41) is 7.81. The summed E-state index contributed by atoms with van der Waals surface area (Å²) in [5.41, 5.74) is 3.32. The summed E-state index contributed by atoms with van der Waals surface area (Å²) < 4.78 is 1.59. The average molecular weight is 346 g/mol. The van der Waals surface area contributed by atoms with Crippen molar-refractivity contribution in [2.24, 2.45) is 0 Å². The molecule has 0 radical (unpaired) electrons. The zero-order valence-corrected chi connectivity index (χ0v) is 14.5. The predicted molar refractivity (Wildman–Crippen MR) is 100 cm³/mol. The van der Waals surface area contributed by atoms with Crippen molar-refractivity contribution in [1.82, 2.24) is 19.9 Å². The molecule has 0 saturated heterocycles. The highest BCUT2D eigenvalue weighted by Crippen LogP contribution is 2.19. The van der Waals surface area contributed by atoms with Gasteiger partial charge >= 0.3 is 0 Å². The van der Waals surface area contributed by atoms with E-state index in [1.165, 1.54) is 6.20 Å². The molecule has 1 atom stereocenters. The van der Waals surface area contributed by atoms with Crippen molar-refractivity contribution in [2.75, 3.05) is 0 Å². The Morgan fingerprint density at radius 3 is 2.69 bits per heavy atom. The lowest BCUT2D eigenvalue weighted by Gasteiger charge is -2.16. The molecule has 0 fully saturated rings. The molecule has 1 unspecified atom stereocenters. The fraction of sp³-hybridized carbons (Fsp3) is 0.150. The maximum absolute atomic E-state index is 12.8. The molecule has 2 N–H and O–H groups in total. The number of carbonyl (C=O) groups is 1. The van der Waals surface area contributed by atoms with Crippen LogP contribution < -0.4 is 10.9 Å². The molecule has 1 amide bonds. The van der Waals surface area contributed by atoms with E-state index < -0.39 is 0 Å². The van der Waals surface area contributed by atoms with Gasteiger partial charge in [0.15, 0.2) is 0 Å². The molecule has 4 aromatic rings. The third kappa shape index (κ3) is 2.56. The summed E-state index contributed by atoms with van der Waals surface area (Å²) in [5.74, 6) is -0.276. The number of amides is 1. The van der Waals surface area contributed by atoms with Gasteiger partial charge in [0.05, 0.1) is 23.1 Å². The van der Waals surface area contributed by atoms with Crippen molar-refractivity contribution < 1.29 is 4.79 Å². The highest BCUT2D eigenvalue weighted by atomic mass is 16.2. The second-order valence-corrected chi connectivity index (χ2v) is 6.34. The lowest BCUT2D eigenvalue weighted by Crippen LogP contribution is -2.27. The van der Waals surface area contributed by atoms with Crippen LogP contribution in [0.1, 0.15) is 34.5 Å². The van der Waals surface area contributed by atoms with Crippen molar-refractivity contribution in [1.29, 1.82) is 0 Å². The standard InChI is InChI=1S/C20H18N4O2/c1-12-7-3-4-8-14(12)13(2)22-20(26)16-11-21-24-17-10-6-5-9-15(17)19(25)23-18(16)24/h3-11,13H,1-2H3,(H,22,26)(H,23,25). The van der Waals surface area contributed by atoms with Gasteiger partial charge in [0, 0.05) is 0 Å². The van der Waals surface area contributed by atoms with Crippen molar-refractivity contribution in [3.8, 4) is 0 Å². The number of H-pyrrole nitrogens is 1. The summed E-state index contributed by atoms with van der Waals surface area (Å²) in [6, 6.07) is 14.9. The SMILES string of the molecule is Cc1ccccc1C(C)NC(=O)c1cnn2c1[nH]c(=O)c1ccccc12. The van der Waals surface area contributed by atoms with Gasteiger partial charge in [0.1, 0.15) is 11.2 Å². The zero-order chi connectivity index (χ0) is 18.3. The lowest BCUT2D eigenvalue weighted by atomic mass is 10.0. The van der Waals surface area contributed by atoms with Crippen molar-refractivity contribution in [3.63, 3.8) is 0 Å². The maximum Gasteiger partial charge on any atom is 0.259 e. The van der Waals surface area contributed by atoms with Crippen LogP contribution in [0.25, 0.3) is 16.6 Å². The highest BCUT2D eigenvalue weighted by Gasteiger charge is 2.18. The fourth-order valence-corrected chi connectivity index (χ4v) is 3.27. The minimum absolute atomic E-state index is 0.161. The van der Waals surface area contributed by atoms with Crippen LogP contribution in [-0.4, -0.2) is 20.5 Å². The van der Waals surface area contributed by atoms with Gasteiger partial charge in [0.2, 0.25) is 0 Å². The molecule has 0 bridgehead atoms. The Kier molecular flexibility index (Phi) is 3.80. The number of aryl methyl sites for hydroxylation is 1. The Morgan fingerprint density at radius 1 is 1.15 bits per heavy atom. The molecule has 0 aliphatic rings. The number of hydrogen-bond acceptors (Lipinski definition) is 3. The number of rotatable bonds is 3. The number of fused-ring (bicyclic) bond motifs is 3. The first-order valence-electron chi connectivity index (χ1n) is 8.41. The number of aromatic amines is 1. The van der Waals surface area contributed by atoms with Crippen LogP contribution in [0.2, 0.25) is 0 Å². The highest BCUT2D eigenvalue weighted by molar-refractivity contribution is 6.00. The molecule has 0 spiro atoms. The Balaban J connectivity index is 1.74. The molecule has 0 aliphatic carbocycles. The van der Waals surface area contributed by atoms with E-state index in [0.717, 1.165) is 11.1 Å². The van der Waals surface area contributed by atoms with Gasteiger partial charge in [-0.25, -0.2) is 4.52 Å². The molecule has 26 heavy (non-hydrogen) atoms. The summed E-state index contributed by atoms with van der Waals surface area (Å²) in [6.45, 7) is 3.95. The summed E-state index contributed by atoms with van der Waals surface area (Å²) in [7, 11) is 0. The molecule has 2 heterocycles. The van der Waals surface area contributed by atoms with Crippen LogP contribution in [0.5, 0.6) is 0 Å². The number of carbonyl (C=O) groups excluding carboxylic acids is 1. The normalized spacial score (nSPS) is 12.4. The van der Waals surface area contributed by atoms with E-state index in [4.69, 9.17) is 0 Å². The molecule has 0 saturated carbocycles. The summed E-state index contributed by atoms with van der Waals surface area (Å²) in [4.78, 5) is 27.9. The topological polar surface area (TPSA) is 79.3 Å². The van der Waals surface area contributed by atoms with Gasteiger partial charge in [-0.15, -0.1) is 0 Å². The fourth-order valence-electron chi connectivity index (χ4n) is 3.27. The third-order valence-corrected chi connectivity index (χ3v) is 4.63. The van der Waals surface area contributed by atoms with Gasteiger partial charge < -0.3 is 10.3 Å². The van der Waals surface area contributed by atoms with E-state index in [1.807, 2.05) is 50.2 Å². The Bertz CT molecular complexity index is 1190. The predicted octanol–water partition coefficient (Wildman–Crippen LogP) is 2.98. The van der Waals surface area contributed by atoms with E-state index in [9.17, 15) is 9.59 Å². The number of nitrogens with one attached hydrogen (secondary N) is 2. The van der Waals surface area contributed by atoms with Crippen LogP contribution in [0, 0.1) is 6.92 Å². The van der Waals surface area contributed by atoms with Gasteiger partial charge in [-0.1, -0.05) is 36.4 Å². The average Bonchev–Trinajstić information content (AvgIpc) is 3.06. The third-order valence-electron chi connectivity index (χ3n) is 4.63. The molecule has 2 aromatic carbocycles. The molecule has 2 aromatic heterocycles.